The zero-order valence-corrected chi connectivity index (χ0v) is 12.2. The maximum atomic E-state index is 14.0. The van der Waals surface area contributed by atoms with E-state index in [0.29, 0.717) is 18.4 Å². The third-order valence-electron chi connectivity index (χ3n) is 4.36. The number of imidazole rings is 1. The Bertz CT molecular complexity index is 693. The van der Waals surface area contributed by atoms with Crippen molar-refractivity contribution in [1.29, 1.82) is 0 Å². The van der Waals surface area contributed by atoms with Crippen molar-refractivity contribution in [1.82, 2.24) is 9.55 Å². The van der Waals surface area contributed by atoms with E-state index in [1.54, 1.807) is 6.07 Å². The van der Waals surface area contributed by atoms with Crippen molar-refractivity contribution in [3.8, 4) is 0 Å². The van der Waals surface area contributed by atoms with Gasteiger partial charge in [0.15, 0.2) is 5.82 Å². The van der Waals surface area contributed by atoms with E-state index in [-0.39, 0.29) is 23.7 Å². The summed E-state index contributed by atoms with van der Waals surface area (Å²) in [6.07, 6.45) is 2.06. The SMILES string of the molecule is CC(C)n1c(C2CCC(C(=O)O)C2)nc2c(F)cccc21. The standard InChI is InChI=1S/C16H19FN2O2/c1-9(2)19-13-5-3-4-12(17)14(13)18-15(19)10-6-7-11(8-10)16(20)21/h3-5,9-11H,6-8H2,1-2H3,(H,20,21). The number of hydrogen-bond donors (Lipinski definition) is 1. The molecule has 0 amide bonds. The Morgan fingerprint density at radius 3 is 2.81 bits per heavy atom. The zero-order valence-electron chi connectivity index (χ0n) is 12.2. The average Bonchev–Trinajstić information content (AvgIpc) is 3.03. The van der Waals surface area contributed by atoms with Crippen LogP contribution in [-0.2, 0) is 4.79 Å². The summed E-state index contributed by atoms with van der Waals surface area (Å²) in [5.41, 5.74) is 1.18. The number of aromatic nitrogens is 2. The van der Waals surface area contributed by atoms with Gasteiger partial charge in [-0.3, -0.25) is 4.79 Å². The maximum Gasteiger partial charge on any atom is 0.306 e. The highest BCUT2D eigenvalue weighted by atomic mass is 19.1. The van der Waals surface area contributed by atoms with Gasteiger partial charge in [0, 0.05) is 12.0 Å². The van der Waals surface area contributed by atoms with Gasteiger partial charge in [0.1, 0.15) is 11.3 Å². The molecule has 1 fully saturated rings. The lowest BCUT2D eigenvalue weighted by molar-refractivity contribution is -0.141. The van der Waals surface area contributed by atoms with E-state index < -0.39 is 5.97 Å². The number of fused-ring (bicyclic) bond motifs is 1. The number of para-hydroxylation sites is 1. The van der Waals surface area contributed by atoms with Gasteiger partial charge >= 0.3 is 5.97 Å². The first-order chi connectivity index (χ1) is 9.99. The third kappa shape index (κ3) is 2.30. The third-order valence-corrected chi connectivity index (χ3v) is 4.36. The molecular formula is C16H19FN2O2. The normalized spacial score (nSPS) is 22.3. The van der Waals surface area contributed by atoms with Crippen LogP contribution in [-0.4, -0.2) is 20.6 Å². The molecular weight excluding hydrogens is 271 g/mol. The lowest BCUT2D eigenvalue weighted by Crippen LogP contribution is -2.12. The number of nitrogens with zero attached hydrogens (tertiary/aromatic N) is 2. The van der Waals surface area contributed by atoms with Gasteiger partial charge in [0.2, 0.25) is 0 Å². The number of carboxylic acids is 1. The Morgan fingerprint density at radius 1 is 1.43 bits per heavy atom. The van der Waals surface area contributed by atoms with E-state index in [1.807, 2.05) is 24.5 Å². The van der Waals surface area contributed by atoms with Gasteiger partial charge < -0.3 is 9.67 Å². The minimum atomic E-state index is -0.740. The van der Waals surface area contributed by atoms with Crippen LogP contribution in [0.5, 0.6) is 0 Å². The van der Waals surface area contributed by atoms with Crippen LogP contribution in [0, 0.1) is 11.7 Å². The molecule has 1 aliphatic carbocycles. The molecule has 0 radical (unpaired) electrons. The van der Waals surface area contributed by atoms with Crippen molar-refractivity contribution >= 4 is 17.0 Å². The van der Waals surface area contributed by atoms with Crippen molar-refractivity contribution in [3.63, 3.8) is 0 Å². The van der Waals surface area contributed by atoms with Crippen LogP contribution in [0.4, 0.5) is 4.39 Å². The molecule has 4 nitrogen and oxygen atoms in total. The van der Waals surface area contributed by atoms with Crippen molar-refractivity contribution in [2.45, 2.75) is 45.1 Å². The van der Waals surface area contributed by atoms with Gasteiger partial charge in [0.05, 0.1) is 11.4 Å². The molecule has 3 rings (SSSR count). The molecule has 2 atom stereocenters. The monoisotopic (exact) mass is 290 g/mol. The van der Waals surface area contributed by atoms with Crippen LogP contribution >= 0.6 is 0 Å². The first-order valence-corrected chi connectivity index (χ1v) is 7.38. The number of rotatable bonds is 3. The summed E-state index contributed by atoms with van der Waals surface area (Å²) in [6.45, 7) is 4.08. The van der Waals surface area contributed by atoms with Crippen LogP contribution in [0.1, 0.15) is 50.9 Å². The van der Waals surface area contributed by atoms with E-state index in [4.69, 9.17) is 5.11 Å². The van der Waals surface area contributed by atoms with Gasteiger partial charge in [-0.15, -0.1) is 0 Å². The van der Waals surface area contributed by atoms with Gasteiger partial charge in [0.25, 0.3) is 0 Å². The Labute approximate surface area is 122 Å². The molecule has 1 aromatic carbocycles. The molecule has 1 saturated carbocycles. The van der Waals surface area contributed by atoms with Crippen molar-refractivity contribution in [2.24, 2.45) is 5.92 Å². The van der Waals surface area contributed by atoms with Gasteiger partial charge in [-0.1, -0.05) is 6.07 Å². The summed E-state index contributed by atoms with van der Waals surface area (Å²) in [6, 6.07) is 5.14. The highest BCUT2D eigenvalue weighted by molar-refractivity contribution is 5.77. The fourth-order valence-electron chi connectivity index (χ4n) is 3.37. The summed E-state index contributed by atoms with van der Waals surface area (Å²) >= 11 is 0. The first-order valence-electron chi connectivity index (χ1n) is 7.38. The van der Waals surface area contributed by atoms with E-state index >= 15 is 0 Å². The number of aliphatic carboxylic acids is 1. The fraction of sp³-hybridized carbons (Fsp3) is 0.500. The Balaban J connectivity index is 2.08. The predicted octanol–water partition coefficient (Wildman–Crippen LogP) is 3.72. The minimum Gasteiger partial charge on any atom is -0.481 e. The zero-order chi connectivity index (χ0) is 15.1. The van der Waals surface area contributed by atoms with E-state index in [9.17, 15) is 9.18 Å². The van der Waals surface area contributed by atoms with Gasteiger partial charge in [-0.25, -0.2) is 9.37 Å². The van der Waals surface area contributed by atoms with E-state index in [1.165, 1.54) is 6.07 Å². The molecule has 0 aliphatic heterocycles. The summed E-state index contributed by atoms with van der Waals surface area (Å²) in [5.74, 6) is -0.439. The summed E-state index contributed by atoms with van der Waals surface area (Å²) < 4.78 is 16.0. The van der Waals surface area contributed by atoms with Crippen LogP contribution in [0.15, 0.2) is 18.2 Å². The summed E-state index contributed by atoms with van der Waals surface area (Å²) in [5, 5.41) is 9.15. The number of halogens is 1. The molecule has 21 heavy (non-hydrogen) atoms. The minimum absolute atomic E-state index is 0.0975. The second-order valence-electron chi connectivity index (χ2n) is 6.09. The molecule has 1 heterocycles. The van der Waals surface area contributed by atoms with Crippen LogP contribution < -0.4 is 0 Å². The van der Waals surface area contributed by atoms with E-state index in [0.717, 1.165) is 17.8 Å². The van der Waals surface area contributed by atoms with Gasteiger partial charge in [-0.05, 0) is 45.2 Å². The smallest absolute Gasteiger partial charge is 0.306 e. The van der Waals surface area contributed by atoms with Crippen LogP contribution in [0.3, 0.4) is 0 Å². The molecule has 1 aliphatic rings. The largest absolute Gasteiger partial charge is 0.481 e. The van der Waals surface area contributed by atoms with Crippen LogP contribution in [0.2, 0.25) is 0 Å². The molecule has 0 spiro atoms. The quantitative estimate of drug-likeness (QED) is 0.937. The molecule has 2 unspecified atom stereocenters. The molecule has 1 aromatic heterocycles. The van der Waals surface area contributed by atoms with Crippen LogP contribution in [0.25, 0.3) is 11.0 Å². The van der Waals surface area contributed by atoms with Crippen molar-refractivity contribution in [3.05, 3.63) is 29.8 Å². The summed E-state index contributed by atoms with van der Waals surface area (Å²) in [4.78, 5) is 15.6. The molecule has 112 valence electrons. The van der Waals surface area contributed by atoms with Gasteiger partial charge in [-0.2, -0.15) is 0 Å². The second kappa shape index (κ2) is 5.13. The Kier molecular flexibility index (Phi) is 3.43. The lowest BCUT2D eigenvalue weighted by atomic mass is 10.0. The number of hydrogen-bond acceptors (Lipinski definition) is 2. The molecule has 2 aromatic rings. The van der Waals surface area contributed by atoms with Crippen molar-refractivity contribution < 1.29 is 14.3 Å². The fourth-order valence-corrected chi connectivity index (χ4v) is 3.37. The highest BCUT2D eigenvalue weighted by Crippen LogP contribution is 2.40. The summed E-state index contributed by atoms with van der Waals surface area (Å²) in [7, 11) is 0. The number of benzene rings is 1. The molecule has 0 saturated heterocycles. The second-order valence-corrected chi connectivity index (χ2v) is 6.09. The van der Waals surface area contributed by atoms with Crippen molar-refractivity contribution in [2.75, 3.05) is 0 Å². The lowest BCUT2D eigenvalue weighted by Gasteiger charge is -2.17. The topological polar surface area (TPSA) is 55.1 Å². The Hall–Kier alpha value is -1.91. The molecule has 5 heteroatoms. The number of carboxylic acid groups (broad SMARTS) is 1. The molecule has 0 bridgehead atoms. The van der Waals surface area contributed by atoms with E-state index in [2.05, 4.69) is 4.98 Å². The highest BCUT2D eigenvalue weighted by Gasteiger charge is 2.34. The number of carbonyl (C=O) groups is 1. The Morgan fingerprint density at radius 2 is 2.19 bits per heavy atom. The molecule has 1 N–H and O–H groups in total. The first kappa shape index (κ1) is 14.0. The average molecular weight is 290 g/mol. The maximum absolute atomic E-state index is 14.0. The predicted molar refractivity (Wildman–Crippen MR) is 77.8 cm³/mol.